The van der Waals surface area contributed by atoms with Gasteiger partial charge in [-0.15, -0.1) is 10.2 Å². The molecule has 9 heteroatoms. The SMILES string of the molecule is CCOc1ccc(NCc2nnc(SCC(=O)Nc3ccccc3OC)n2-c2ccc(C)cc2)cc1. The standard InChI is InChI=1S/C27H29N5O3S/c1-4-35-22-15-11-20(12-16-22)28-17-25-30-31-27(32(25)21-13-9-19(2)10-14-21)36-18-26(33)29-23-7-5-6-8-24(23)34-3/h5-16,28H,4,17-18H2,1-3H3,(H,29,33). The van der Waals surface area contributed by atoms with E-state index in [9.17, 15) is 4.79 Å². The highest BCUT2D eigenvalue weighted by atomic mass is 32.2. The lowest BCUT2D eigenvalue weighted by Gasteiger charge is -2.13. The van der Waals surface area contributed by atoms with E-state index in [4.69, 9.17) is 9.47 Å². The quantitative estimate of drug-likeness (QED) is 0.268. The van der Waals surface area contributed by atoms with Crippen LogP contribution in [0, 0.1) is 6.92 Å². The van der Waals surface area contributed by atoms with Crippen molar-refractivity contribution in [3.63, 3.8) is 0 Å². The number of ether oxygens (including phenoxy) is 2. The van der Waals surface area contributed by atoms with Crippen LogP contribution in [-0.2, 0) is 11.3 Å². The molecular weight excluding hydrogens is 474 g/mol. The van der Waals surface area contributed by atoms with Crippen molar-refractivity contribution >= 4 is 29.0 Å². The van der Waals surface area contributed by atoms with Crippen molar-refractivity contribution < 1.29 is 14.3 Å². The van der Waals surface area contributed by atoms with E-state index in [-0.39, 0.29) is 11.7 Å². The Morgan fingerprint density at radius 2 is 1.75 bits per heavy atom. The third kappa shape index (κ3) is 6.37. The van der Waals surface area contributed by atoms with Crippen LogP contribution in [0.3, 0.4) is 0 Å². The summed E-state index contributed by atoms with van der Waals surface area (Å²) in [6, 6.07) is 23.3. The summed E-state index contributed by atoms with van der Waals surface area (Å²) < 4.78 is 12.8. The summed E-state index contributed by atoms with van der Waals surface area (Å²) in [6.45, 7) is 5.09. The van der Waals surface area contributed by atoms with Crippen molar-refractivity contribution in [2.75, 3.05) is 30.1 Å². The molecule has 4 rings (SSSR count). The number of methoxy groups -OCH3 is 1. The average Bonchev–Trinajstić information content (AvgIpc) is 3.31. The third-order valence-electron chi connectivity index (χ3n) is 5.32. The molecule has 0 atom stereocenters. The van der Waals surface area contributed by atoms with E-state index in [1.54, 1.807) is 19.2 Å². The first-order chi connectivity index (χ1) is 17.6. The number of nitrogens with zero attached hydrogens (tertiary/aromatic N) is 3. The van der Waals surface area contributed by atoms with Crippen LogP contribution < -0.4 is 20.1 Å². The van der Waals surface area contributed by atoms with Crippen molar-refractivity contribution in [2.24, 2.45) is 0 Å². The van der Waals surface area contributed by atoms with E-state index >= 15 is 0 Å². The normalized spacial score (nSPS) is 10.6. The van der Waals surface area contributed by atoms with Crippen LogP contribution in [0.2, 0.25) is 0 Å². The van der Waals surface area contributed by atoms with Gasteiger partial charge in [-0.1, -0.05) is 41.6 Å². The number of rotatable bonds is 11. The summed E-state index contributed by atoms with van der Waals surface area (Å²) in [4.78, 5) is 12.7. The highest BCUT2D eigenvalue weighted by molar-refractivity contribution is 7.99. The minimum atomic E-state index is -0.156. The molecular formula is C27H29N5O3S. The van der Waals surface area contributed by atoms with Gasteiger partial charge in [0.05, 0.1) is 31.7 Å². The van der Waals surface area contributed by atoms with Crippen molar-refractivity contribution in [3.05, 3.63) is 84.2 Å². The fraction of sp³-hybridized carbons (Fsp3) is 0.222. The zero-order valence-electron chi connectivity index (χ0n) is 20.5. The van der Waals surface area contributed by atoms with E-state index in [0.29, 0.717) is 29.7 Å². The van der Waals surface area contributed by atoms with Gasteiger partial charge in [-0.25, -0.2) is 0 Å². The van der Waals surface area contributed by atoms with Crippen molar-refractivity contribution in [1.82, 2.24) is 14.8 Å². The van der Waals surface area contributed by atoms with Gasteiger partial charge in [0.25, 0.3) is 0 Å². The fourth-order valence-corrected chi connectivity index (χ4v) is 4.31. The highest BCUT2D eigenvalue weighted by Crippen LogP contribution is 2.26. The second-order valence-corrected chi connectivity index (χ2v) is 8.86. The van der Waals surface area contributed by atoms with Gasteiger partial charge in [0.2, 0.25) is 5.91 Å². The summed E-state index contributed by atoms with van der Waals surface area (Å²) in [7, 11) is 1.58. The zero-order valence-corrected chi connectivity index (χ0v) is 21.3. The molecule has 0 saturated carbocycles. The van der Waals surface area contributed by atoms with Crippen LogP contribution in [0.5, 0.6) is 11.5 Å². The number of anilines is 2. The number of aryl methyl sites for hydroxylation is 1. The van der Waals surface area contributed by atoms with Crippen molar-refractivity contribution in [3.8, 4) is 17.2 Å². The molecule has 2 N–H and O–H groups in total. The molecule has 4 aromatic rings. The van der Waals surface area contributed by atoms with Gasteiger partial charge < -0.3 is 20.1 Å². The topological polar surface area (TPSA) is 90.3 Å². The van der Waals surface area contributed by atoms with Gasteiger partial charge in [-0.3, -0.25) is 9.36 Å². The molecule has 3 aromatic carbocycles. The number of amides is 1. The first-order valence-corrected chi connectivity index (χ1v) is 12.6. The van der Waals surface area contributed by atoms with Crippen molar-refractivity contribution in [2.45, 2.75) is 25.5 Å². The Balaban J connectivity index is 1.49. The summed E-state index contributed by atoms with van der Waals surface area (Å²) in [5, 5.41) is 15.7. The number of carbonyl (C=O) groups excluding carboxylic acids is 1. The van der Waals surface area contributed by atoms with Gasteiger partial charge in [0, 0.05) is 11.4 Å². The Hall–Kier alpha value is -3.98. The predicted octanol–water partition coefficient (Wildman–Crippen LogP) is 5.33. The fourth-order valence-electron chi connectivity index (χ4n) is 3.54. The molecule has 1 aromatic heterocycles. The lowest BCUT2D eigenvalue weighted by Crippen LogP contribution is -2.15. The van der Waals surface area contributed by atoms with Crippen molar-refractivity contribution in [1.29, 1.82) is 0 Å². The Bertz CT molecular complexity index is 1290. The molecule has 186 valence electrons. The second-order valence-electron chi connectivity index (χ2n) is 7.92. The maximum atomic E-state index is 12.7. The zero-order chi connectivity index (χ0) is 25.3. The molecule has 0 aliphatic heterocycles. The molecule has 8 nitrogen and oxygen atoms in total. The average molecular weight is 504 g/mol. The molecule has 0 aliphatic rings. The molecule has 1 heterocycles. The number of para-hydroxylation sites is 2. The number of aromatic nitrogens is 3. The summed E-state index contributed by atoms with van der Waals surface area (Å²) >= 11 is 1.33. The largest absolute Gasteiger partial charge is 0.495 e. The molecule has 0 radical (unpaired) electrons. The Morgan fingerprint density at radius 3 is 2.47 bits per heavy atom. The predicted molar refractivity (Wildman–Crippen MR) is 143 cm³/mol. The van der Waals surface area contributed by atoms with E-state index in [1.165, 1.54) is 11.8 Å². The number of carbonyl (C=O) groups is 1. The number of hydrogen-bond acceptors (Lipinski definition) is 7. The molecule has 0 aliphatic carbocycles. The summed E-state index contributed by atoms with van der Waals surface area (Å²) in [5.74, 6) is 2.20. The molecule has 0 unspecified atom stereocenters. The lowest BCUT2D eigenvalue weighted by molar-refractivity contribution is -0.113. The molecule has 0 bridgehead atoms. The maximum absolute atomic E-state index is 12.7. The van der Waals surface area contributed by atoms with E-state index in [2.05, 4.69) is 20.8 Å². The van der Waals surface area contributed by atoms with Gasteiger partial charge in [-0.2, -0.15) is 0 Å². The number of benzene rings is 3. The monoisotopic (exact) mass is 503 g/mol. The second kappa shape index (κ2) is 12.1. The van der Waals surface area contributed by atoms with Crippen LogP contribution in [0.25, 0.3) is 5.69 Å². The Morgan fingerprint density at radius 1 is 1.00 bits per heavy atom. The Labute approximate surface area is 215 Å². The van der Waals surface area contributed by atoms with Crippen LogP contribution in [0.4, 0.5) is 11.4 Å². The number of hydrogen-bond donors (Lipinski definition) is 2. The highest BCUT2D eigenvalue weighted by Gasteiger charge is 2.16. The third-order valence-corrected chi connectivity index (χ3v) is 6.25. The van der Waals surface area contributed by atoms with E-state index in [1.807, 2.05) is 79.1 Å². The minimum absolute atomic E-state index is 0.156. The first kappa shape index (κ1) is 25.1. The first-order valence-electron chi connectivity index (χ1n) is 11.6. The van der Waals surface area contributed by atoms with E-state index < -0.39 is 0 Å². The van der Waals surface area contributed by atoms with Gasteiger partial charge >= 0.3 is 0 Å². The van der Waals surface area contributed by atoms with Gasteiger partial charge in [-0.05, 0) is 62.4 Å². The molecule has 0 spiro atoms. The minimum Gasteiger partial charge on any atom is -0.495 e. The summed E-state index contributed by atoms with van der Waals surface area (Å²) in [5.41, 5.74) is 3.67. The van der Waals surface area contributed by atoms with Crippen LogP contribution in [0.15, 0.2) is 78.0 Å². The number of thioether (sulfide) groups is 1. The molecule has 1 amide bonds. The molecule has 0 fully saturated rings. The lowest BCUT2D eigenvalue weighted by atomic mass is 10.2. The van der Waals surface area contributed by atoms with Gasteiger partial charge in [0.1, 0.15) is 11.5 Å². The molecule has 0 saturated heterocycles. The van der Waals surface area contributed by atoms with Crippen LogP contribution >= 0.6 is 11.8 Å². The van der Waals surface area contributed by atoms with Crippen LogP contribution in [-0.4, -0.2) is 40.1 Å². The van der Waals surface area contributed by atoms with Gasteiger partial charge in [0.15, 0.2) is 11.0 Å². The Kier molecular flexibility index (Phi) is 8.46. The molecule has 36 heavy (non-hydrogen) atoms. The summed E-state index contributed by atoms with van der Waals surface area (Å²) in [6.07, 6.45) is 0. The van der Waals surface area contributed by atoms with Crippen LogP contribution in [0.1, 0.15) is 18.3 Å². The maximum Gasteiger partial charge on any atom is 0.234 e. The smallest absolute Gasteiger partial charge is 0.234 e. The number of nitrogens with one attached hydrogen (secondary N) is 2. The van der Waals surface area contributed by atoms with E-state index in [0.717, 1.165) is 28.5 Å².